The molecule has 0 saturated carbocycles. The molecule has 0 bridgehead atoms. The molecule has 1 N–H and O–H groups in total. The van der Waals surface area contributed by atoms with Crippen LogP contribution in [0, 0.1) is 6.92 Å². The average molecular weight is 368 g/mol. The van der Waals surface area contributed by atoms with Gasteiger partial charge in [-0.1, -0.05) is 18.2 Å². The van der Waals surface area contributed by atoms with Crippen LogP contribution >= 0.6 is 0 Å². The number of hydrogen-bond acceptors (Lipinski definition) is 4. The highest BCUT2D eigenvalue weighted by Gasteiger charge is 2.17. The van der Waals surface area contributed by atoms with E-state index in [1.54, 1.807) is 24.0 Å². The molecular weight excluding hydrogens is 344 g/mol. The third-order valence-corrected chi connectivity index (χ3v) is 4.49. The predicted octanol–water partition coefficient (Wildman–Crippen LogP) is 3.70. The molecule has 27 heavy (non-hydrogen) atoms. The Morgan fingerprint density at radius 2 is 1.81 bits per heavy atom. The van der Waals surface area contributed by atoms with Crippen molar-refractivity contribution in [3.8, 4) is 11.1 Å². The monoisotopic (exact) mass is 368 g/mol. The second-order valence-electron chi connectivity index (χ2n) is 6.36. The van der Waals surface area contributed by atoms with E-state index >= 15 is 0 Å². The van der Waals surface area contributed by atoms with E-state index < -0.39 is 0 Å². The van der Waals surface area contributed by atoms with Gasteiger partial charge in [-0.25, -0.2) is 9.59 Å². The fourth-order valence-corrected chi connectivity index (χ4v) is 2.98. The Kier molecular flexibility index (Phi) is 6.08. The summed E-state index contributed by atoms with van der Waals surface area (Å²) in [4.78, 5) is 25.9. The van der Waals surface area contributed by atoms with Crippen molar-refractivity contribution in [2.75, 3.05) is 38.2 Å². The van der Waals surface area contributed by atoms with Crippen LogP contribution in [0.5, 0.6) is 0 Å². The number of morpholine rings is 1. The van der Waals surface area contributed by atoms with Crippen molar-refractivity contribution in [1.82, 2.24) is 4.90 Å². The first-order valence-electron chi connectivity index (χ1n) is 9.10. The molecule has 3 rings (SSSR count). The molecule has 2 aromatic carbocycles. The largest absolute Gasteiger partial charge is 0.462 e. The first-order valence-corrected chi connectivity index (χ1v) is 9.10. The van der Waals surface area contributed by atoms with E-state index in [4.69, 9.17) is 9.47 Å². The van der Waals surface area contributed by atoms with Gasteiger partial charge in [-0.2, -0.15) is 0 Å². The Labute approximate surface area is 159 Å². The third kappa shape index (κ3) is 4.65. The van der Waals surface area contributed by atoms with Crippen molar-refractivity contribution in [2.24, 2.45) is 0 Å². The maximum atomic E-state index is 12.4. The molecule has 0 atom stereocenters. The number of esters is 1. The minimum Gasteiger partial charge on any atom is -0.462 e. The SMILES string of the molecule is CCOC(=O)c1ccc(-c2cc(NC(=O)N3CCOCC3)ccc2C)cc1. The van der Waals surface area contributed by atoms with E-state index in [0.717, 1.165) is 22.4 Å². The summed E-state index contributed by atoms with van der Waals surface area (Å²) in [7, 11) is 0. The highest BCUT2D eigenvalue weighted by molar-refractivity contribution is 5.91. The number of anilines is 1. The highest BCUT2D eigenvalue weighted by atomic mass is 16.5. The Morgan fingerprint density at radius 1 is 1.11 bits per heavy atom. The van der Waals surface area contributed by atoms with Crippen LogP contribution in [0.1, 0.15) is 22.8 Å². The van der Waals surface area contributed by atoms with Gasteiger partial charge in [-0.15, -0.1) is 0 Å². The van der Waals surface area contributed by atoms with Gasteiger partial charge in [0.25, 0.3) is 0 Å². The predicted molar refractivity (Wildman–Crippen MR) is 104 cm³/mol. The molecule has 0 aliphatic carbocycles. The molecule has 6 nitrogen and oxygen atoms in total. The Bertz CT molecular complexity index is 811. The number of nitrogens with one attached hydrogen (secondary N) is 1. The number of urea groups is 1. The van der Waals surface area contributed by atoms with E-state index in [-0.39, 0.29) is 12.0 Å². The summed E-state index contributed by atoms with van der Waals surface area (Å²) in [5.41, 5.74) is 4.33. The van der Waals surface area contributed by atoms with Crippen molar-refractivity contribution < 1.29 is 19.1 Å². The van der Waals surface area contributed by atoms with Crippen LogP contribution in [-0.4, -0.2) is 49.8 Å². The summed E-state index contributed by atoms with van der Waals surface area (Å²) >= 11 is 0. The lowest BCUT2D eigenvalue weighted by molar-refractivity contribution is 0.0526. The number of aryl methyl sites for hydroxylation is 1. The number of rotatable bonds is 4. The molecule has 0 radical (unpaired) electrons. The van der Waals surface area contributed by atoms with Gasteiger partial charge >= 0.3 is 12.0 Å². The third-order valence-electron chi connectivity index (χ3n) is 4.49. The molecule has 0 unspecified atom stereocenters. The zero-order valence-corrected chi connectivity index (χ0v) is 15.7. The number of nitrogens with zero attached hydrogens (tertiary/aromatic N) is 1. The van der Waals surface area contributed by atoms with E-state index in [1.165, 1.54) is 0 Å². The van der Waals surface area contributed by atoms with Crippen LogP contribution in [0.25, 0.3) is 11.1 Å². The minimum absolute atomic E-state index is 0.120. The van der Waals surface area contributed by atoms with Crippen molar-refractivity contribution in [2.45, 2.75) is 13.8 Å². The number of carbonyl (C=O) groups is 2. The molecule has 2 amide bonds. The Balaban J connectivity index is 1.76. The number of ether oxygens (including phenoxy) is 2. The van der Waals surface area contributed by atoms with Gasteiger partial charge in [-0.3, -0.25) is 0 Å². The molecule has 0 spiro atoms. The van der Waals surface area contributed by atoms with Gasteiger partial charge in [0.05, 0.1) is 25.4 Å². The summed E-state index contributed by atoms with van der Waals surface area (Å²) in [6, 6.07) is 13.0. The van der Waals surface area contributed by atoms with Crippen LogP contribution in [0.3, 0.4) is 0 Å². The number of hydrogen-bond donors (Lipinski definition) is 1. The van der Waals surface area contributed by atoms with Crippen molar-refractivity contribution >= 4 is 17.7 Å². The van der Waals surface area contributed by atoms with E-state index in [2.05, 4.69) is 5.32 Å². The maximum absolute atomic E-state index is 12.4. The van der Waals surface area contributed by atoms with Crippen LogP contribution in [0.15, 0.2) is 42.5 Å². The summed E-state index contributed by atoms with van der Waals surface area (Å²) in [5.74, 6) is -0.327. The summed E-state index contributed by atoms with van der Waals surface area (Å²) in [6.07, 6.45) is 0. The van der Waals surface area contributed by atoms with Gasteiger partial charge in [0.1, 0.15) is 0 Å². The van der Waals surface area contributed by atoms with Crippen LogP contribution in [-0.2, 0) is 9.47 Å². The molecule has 1 aliphatic heterocycles. The Morgan fingerprint density at radius 3 is 2.48 bits per heavy atom. The van der Waals surface area contributed by atoms with Gasteiger partial charge in [0, 0.05) is 18.8 Å². The molecule has 6 heteroatoms. The molecule has 1 saturated heterocycles. The molecular formula is C21H24N2O4. The van der Waals surface area contributed by atoms with Crippen molar-refractivity contribution in [3.05, 3.63) is 53.6 Å². The van der Waals surface area contributed by atoms with Crippen LogP contribution in [0.2, 0.25) is 0 Å². The highest BCUT2D eigenvalue weighted by Crippen LogP contribution is 2.27. The van der Waals surface area contributed by atoms with Gasteiger partial charge in [-0.05, 0) is 54.8 Å². The standard InChI is InChI=1S/C21H24N2O4/c1-3-27-20(24)17-7-5-16(6-8-17)19-14-18(9-4-15(19)2)22-21(25)23-10-12-26-13-11-23/h4-9,14H,3,10-13H2,1-2H3,(H,22,25). The van der Waals surface area contributed by atoms with Gasteiger partial charge in [0.15, 0.2) is 0 Å². The summed E-state index contributed by atoms with van der Waals surface area (Å²) < 4.78 is 10.3. The number of carbonyl (C=O) groups excluding carboxylic acids is 2. The lowest BCUT2D eigenvalue weighted by Crippen LogP contribution is -2.43. The van der Waals surface area contributed by atoms with E-state index in [9.17, 15) is 9.59 Å². The fraction of sp³-hybridized carbons (Fsp3) is 0.333. The second-order valence-corrected chi connectivity index (χ2v) is 6.36. The maximum Gasteiger partial charge on any atom is 0.338 e. The molecule has 2 aromatic rings. The molecule has 1 fully saturated rings. The molecule has 142 valence electrons. The first kappa shape index (κ1) is 18.9. The fourth-order valence-electron chi connectivity index (χ4n) is 2.98. The topological polar surface area (TPSA) is 67.9 Å². The van der Waals surface area contributed by atoms with Crippen LogP contribution < -0.4 is 5.32 Å². The minimum atomic E-state index is -0.327. The average Bonchev–Trinajstić information content (AvgIpc) is 2.70. The molecule has 1 aliphatic rings. The zero-order valence-electron chi connectivity index (χ0n) is 15.7. The molecule has 1 heterocycles. The summed E-state index contributed by atoms with van der Waals surface area (Å²) in [6.45, 7) is 6.48. The quantitative estimate of drug-likeness (QED) is 0.836. The molecule has 0 aromatic heterocycles. The lowest BCUT2D eigenvalue weighted by atomic mass is 9.99. The lowest BCUT2D eigenvalue weighted by Gasteiger charge is -2.27. The van der Waals surface area contributed by atoms with Gasteiger partial charge < -0.3 is 19.7 Å². The summed E-state index contributed by atoms with van der Waals surface area (Å²) in [5, 5.41) is 2.95. The number of benzene rings is 2. The van der Waals surface area contributed by atoms with E-state index in [0.29, 0.717) is 38.5 Å². The Hall–Kier alpha value is -2.86. The van der Waals surface area contributed by atoms with Crippen molar-refractivity contribution in [3.63, 3.8) is 0 Å². The number of amides is 2. The normalized spacial score (nSPS) is 13.9. The van der Waals surface area contributed by atoms with Gasteiger partial charge in [0.2, 0.25) is 0 Å². The van der Waals surface area contributed by atoms with Crippen molar-refractivity contribution in [1.29, 1.82) is 0 Å². The smallest absolute Gasteiger partial charge is 0.338 e. The van der Waals surface area contributed by atoms with Crippen LogP contribution in [0.4, 0.5) is 10.5 Å². The first-order chi connectivity index (χ1) is 13.1. The van der Waals surface area contributed by atoms with E-state index in [1.807, 2.05) is 37.3 Å². The second kappa shape index (κ2) is 8.68. The zero-order chi connectivity index (χ0) is 19.2.